The number of aliphatic carboxylic acids is 1. The lowest BCUT2D eigenvalue weighted by Gasteiger charge is -2.09. The Bertz CT molecular complexity index is 947. The predicted octanol–water partition coefficient (Wildman–Crippen LogP) is 3.52. The van der Waals surface area contributed by atoms with Gasteiger partial charge in [0.05, 0.1) is 10.6 Å². The van der Waals surface area contributed by atoms with E-state index in [-0.39, 0.29) is 22.2 Å². The Balaban J connectivity index is 2.03. The topological polar surface area (TPSA) is 88.4 Å². The van der Waals surface area contributed by atoms with Crippen molar-refractivity contribution >= 4 is 34.9 Å². The molecule has 0 bridgehead atoms. The molecule has 0 saturated heterocycles. The molecule has 1 fully saturated rings. The number of carboxylic acids is 1. The second kappa shape index (κ2) is 6.57. The van der Waals surface area contributed by atoms with E-state index in [1.165, 1.54) is 12.1 Å². The first kappa shape index (κ1) is 18.1. The molecule has 2 N–H and O–H groups in total. The molecule has 1 amide bonds. The second-order valence-corrected chi connectivity index (χ2v) is 6.69. The Kier molecular flexibility index (Phi) is 4.58. The van der Waals surface area contributed by atoms with Gasteiger partial charge >= 0.3 is 5.97 Å². The van der Waals surface area contributed by atoms with Crippen molar-refractivity contribution in [2.75, 3.05) is 5.32 Å². The van der Waals surface area contributed by atoms with Crippen LogP contribution in [0.2, 0.25) is 5.02 Å². The van der Waals surface area contributed by atoms with Gasteiger partial charge in [-0.05, 0) is 49.4 Å². The maximum absolute atomic E-state index is 13.3. The largest absolute Gasteiger partial charge is 0.475 e. The molecule has 1 aliphatic carbocycles. The van der Waals surface area contributed by atoms with Crippen LogP contribution < -0.4 is 5.32 Å². The first-order valence-electron chi connectivity index (χ1n) is 7.95. The maximum atomic E-state index is 13.3. The summed E-state index contributed by atoms with van der Waals surface area (Å²) in [5, 5.41) is 11.6. The van der Waals surface area contributed by atoms with Crippen LogP contribution >= 0.6 is 11.6 Å². The van der Waals surface area contributed by atoms with Crippen molar-refractivity contribution < 1.29 is 23.9 Å². The third kappa shape index (κ3) is 3.10. The molecule has 0 radical (unpaired) electrons. The van der Waals surface area contributed by atoms with Gasteiger partial charge in [0, 0.05) is 18.4 Å². The fourth-order valence-electron chi connectivity index (χ4n) is 3.17. The summed E-state index contributed by atoms with van der Waals surface area (Å²) in [4.78, 5) is 36.1. The van der Waals surface area contributed by atoms with Crippen molar-refractivity contribution in [3.05, 3.63) is 51.6 Å². The van der Waals surface area contributed by atoms with Crippen molar-refractivity contribution in [2.24, 2.45) is 7.05 Å². The van der Waals surface area contributed by atoms with E-state index in [9.17, 15) is 18.8 Å². The SMILES string of the molecule is Cc1c(C(=O)C(=O)O)c(C2CC2)n(C)c1C(=O)Nc1ccc(F)c(Cl)c1. The Morgan fingerprint density at radius 2 is 1.96 bits per heavy atom. The Morgan fingerprint density at radius 3 is 2.50 bits per heavy atom. The quantitative estimate of drug-likeness (QED) is 0.615. The van der Waals surface area contributed by atoms with Gasteiger partial charge in [-0.1, -0.05) is 11.6 Å². The van der Waals surface area contributed by atoms with E-state index in [1.807, 2.05) is 0 Å². The molecule has 0 spiro atoms. The van der Waals surface area contributed by atoms with Crippen LogP contribution in [0.15, 0.2) is 18.2 Å². The number of benzene rings is 1. The number of amides is 1. The molecule has 3 rings (SSSR count). The highest BCUT2D eigenvalue weighted by Crippen LogP contribution is 2.44. The van der Waals surface area contributed by atoms with Gasteiger partial charge < -0.3 is 15.0 Å². The number of carboxylic acid groups (broad SMARTS) is 1. The van der Waals surface area contributed by atoms with Gasteiger partial charge in [-0.15, -0.1) is 0 Å². The summed E-state index contributed by atoms with van der Waals surface area (Å²) >= 11 is 5.72. The monoisotopic (exact) mass is 378 g/mol. The lowest BCUT2D eigenvalue weighted by Crippen LogP contribution is -2.17. The van der Waals surface area contributed by atoms with Gasteiger partial charge in [0.2, 0.25) is 0 Å². The number of Topliss-reactive ketones (excluding diaryl/α,β-unsaturated/α-hetero) is 1. The number of nitrogens with one attached hydrogen (secondary N) is 1. The molecule has 1 aromatic heterocycles. The Morgan fingerprint density at radius 1 is 1.31 bits per heavy atom. The van der Waals surface area contributed by atoms with Crippen LogP contribution in [0, 0.1) is 12.7 Å². The molecule has 8 heteroatoms. The summed E-state index contributed by atoms with van der Waals surface area (Å²) in [7, 11) is 1.63. The van der Waals surface area contributed by atoms with E-state index < -0.39 is 23.5 Å². The van der Waals surface area contributed by atoms with Crippen molar-refractivity contribution in [1.82, 2.24) is 4.57 Å². The molecule has 1 heterocycles. The zero-order chi connectivity index (χ0) is 19.2. The van der Waals surface area contributed by atoms with Crippen LogP contribution in [0.4, 0.5) is 10.1 Å². The molecule has 2 aromatic rings. The predicted molar refractivity (Wildman–Crippen MR) is 93.5 cm³/mol. The number of hydrogen-bond donors (Lipinski definition) is 2. The van der Waals surface area contributed by atoms with Crippen LogP contribution in [0.5, 0.6) is 0 Å². The third-order valence-corrected chi connectivity index (χ3v) is 4.75. The summed E-state index contributed by atoms with van der Waals surface area (Å²) in [5.74, 6) is -3.65. The van der Waals surface area contributed by atoms with Crippen LogP contribution in [-0.2, 0) is 11.8 Å². The molecule has 0 unspecified atom stereocenters. The minimum Gasteiger partial charge on any atom is -0.475 e. The molecule has 26 heavy (non-hydrogen) atoms. The fraction of sp³-hybridized carbons (Fsp3) is 0.278. The zero-order valence-electron chi connectivity index (χ0n) is 14.1. The molecule has 6 nitrogen and oxygen atoms in total. The van der Waals surface area contributed by atoms with Gasteiger partial charge in [0.15, 0.2) is 0 Å². The van der Waals surface area contributed by atoms with E-state index >= 15 is 0 Å². The van der Waals surface area contributed by atoms with E-state index in [2.05, 4.69) is 5.32 Å². The molecule has 1 saturated carbocycles. The first-order chi connectivity index (χ1) is 12.2. The van der Waals surface area contributed by atoms with E-state index in [1.54, 1.807) is 18.5 Å². The van der Waals surface area contributed by atoms with Crippen LogP contribution in [0.1, 0.15) is 50.9 Å². The van der Waals surface area contributed by atoms with Crippen molar-refractivity contribution in [3.8, 4) is 0 Å². The number of carbonyl (C=O) groups excluding carboxylic acids is 2. The maximum Gasteiger partial charge on any atom is 0.377 e. The number of ketones is 1. The van der Waals surface area contributed by atoms with Gasteiger partial charge in [-0.3, -0.25) is 9.59 Å². The smallest absolute Gasteiger partial charge is 0.377 e. The highest BCUT2D eigenvalue weighted by atomic mass is 35.5. The summed E-state index contributed by atoms with van der Waals surface area (Å²) in [6.07, 6.45) is 1.68. The highest BCUT2D eigenvalue weighted by molar-refractivity contribution is 6.41. The average molecular weight is 379 g/mol. The highest BCUT2D eigenvalue weighted by Gasteiger charge is 2.37. The Hall–Kier alpha value is -2.67. The van der Waals surface area contributed by atoms with Gasteiger partial charge in [0.1, 0.15) is 11.5 Å². The fourth-order valence-corrected chi connectivity index (χ4v) is 3.35. The van der Waals surface area contributed by atoms with E-state index in [0.717, 1.165) is 18.9 Å². The number of hydrogen-bond acceptors (Lipinski definition) is 3. The lowest BCUT2D eigenvalue weighted by atomic mass is 10.0. The summed E-state index contributed by atoms with van der Waals surface area (Å²) in [6, 6.07) is 3.77. The van der Waals surface area contributed by atoms with Crippen molar-refractivity contribution in [3.63, 3.8) is 0 Å². The second-order valence-electron chi connectivity index (χ2n) is 6.28. The van der Waals surface area contributed by atoms with Crippen molar-refractivity contribution in [1.29, 1.82) is 0 Å². The summed E-state index contributed by atoms with van der Waals surface area (Å²) < 4.78 is 14.8. The molecular weight excluding hydrogens is 363 g/mol. The number of halogens is 2. The third-order valence-electron chi connectivity index (χ3n) is 4.46. The van der Waals surface area contributed by atoms with Gasteiger partial charge in [-0.25, -0.2) is 9.18 Å². The standard InChI is InChI=1S/C18H16ClFN2O4/c1-8-13(16(23)18(25)26)15(9-3-4-9)22(2)14(8)17(24)21-10-5-6-12(20)11(19)7-10/h5-7,9H,3-4H2,1-2H3,(H,21,24)(H,25,26). The Labute approximate surface area is 153 Å². The summed E-state index contributed by atoms with van der Waals surface area (Å²) in [6.45, 7) is 1.55. The molecule has 0 atom stereocenters. The van der Waals surface area contributed by atoms with Gasteiger partial charge in [-0.2, -0.15) is 0 Å². The summed E-state index contributed by atoms with van der Waals surface area (Å²) in [5.41, 5.74) is 1.44. The number of nitrogens with zero attached hydrogens (tertiary/aromatic N) is 1. The number of anilines is 1. The molecule has 0 aliphatic heterocycles. The van der Waals surface area contributed by atoms with Crippen LogP contribution in [-0.4, -0.2) is 27.3 Å². The zero-order valence-corrected chi connectivity index (χ0v) is 14.9. The molecule has 136 valence electrons. The van der Waals surface area contributed by atoms with Crippen LogP contribution in [0.3, 0.4) is 0 Å². The number of carbonyl (C=O) groups is 3. The number of aromatic nitrogens is 1. The average Bonchev–Trinajstić information content (AvgIpc) is 3.36. The minimum absolute atomic E-state index is 0.0683. The molecule has 1 aliphatic rings. The number of rotatable bonds is 5. The van der Waals surface area contributed by atoms with E-state index in [0.29, 0.717) is 16.9 Å². The normalized spacial score (nSPS) is 13.5. The van der Waals surface area contributed by atoms with Crippen molar-refractivity contribution in [2.45, 2.75) is 25.7 Å². The van der Waals surface area contributed by atoms with Crippen LogP contribution in [0.25, 0.3) is 0 Å². The minimum atomic E-state index is -1.56. The van der Waals surface area contributed by atoms with Gasteiger partial charge in [0.25, 0.3) is 11.7 Å². The first-order valence-corrected chi connectivity index (χ1v) is 8.33. The lowest BCUT2D eigenvalue weighted by molar-refractivity contribution is -0.131. The molecular formula is C18H16ClFN2O4. The van der Waals surface area contributed by atoms with E-state index in [4.69, 9.17) is 16.7 Å². The molecule has 1 aromatic carbocycles.